The van der Waals surface area contributed by atoms with Gasteiger partial charge in [0, 0.05) is 0 Å². The molecule has 0 amide bonds. The fourth-order valence-corrected chi connectivity index (χ4v) is 3.03. The van der Waals surface area contributed by atoms with E-state index in [1.807, 2.05) is 0 Å². The summed E-state index contributed by atoms with van der Waals surface area (Å²) in [5, 5.41) is 0. The van der Waals surface area contributed by atoms with Crippen LogP contribution in [0.4, 0.5) is 0 Å². The monoisotopic (exact) mass is 124 g/mol. The molecular weight excluding hydrogens is 108 g/mol. The van der Waals surface area contributed by atoms with Gasteiger partial charge in [-0.2, -0.15) is 0 Å². The van der Waals surface area contributed by atoms with E-state index in [-0.39, 0.29) is 0 Å². The van der Waals surface area contributed by atoms with Crippen molar-refractivity contribution < 1.29 is 0 Å². The third-order valence-electron chi connectivity index (χ3n) is 4.30. The standard InChI is InChI=1S/C9H16/c1-6-7(2)9(3)5-4-8(6)9/h6-8H,4-5H2,1-3H3. The van der Waals surface area contributed by atoms with Crippen LogP contribution in [0.1, 0.15) is 33.6 Å². The van der Waals surface area contributed by atoms with Gasteiger partial charge in [-0.25, -0.2) is 0 Å². The first-order valence-corrected chi connectivity index (χ1v) is 4.16. The fraction of sp³-hybridized carbons (Fsp3) is 1.00. The highest BCUT2D eigenvalue weighted by molar-refractivity contribution is 5.08. The Kier molecular flexibility index (Phi) is 0.868. The highest BCUT2D eigenvalue weighted by Gasteiger charge is 2.59. The SMILES string of the molecule is CC1C(C)C2(C)CCC12. The molecule has 0 radical (unpaired) electrons. The van der Waals surface area contributed by atoms with E-state index in [4.69, 9.17) is 0 Å². The van der Waals surface area contributed by atoms with Crippen molar-refractivity contribution in [2.24, 2.45) is 23.2 Å². The smallest absolute Gasteiger partial charge is 0.0266 e. The van der Waals surface area contributed by atoms with E-state index in [2.05, 4.69) is 20.8 Å². The van der Waals surface area contributed by atoms with E-state index in [0.29, 0.717) is 0 Å². The molecule has 0 aliphatic heterocycles. The molecule has 2 saturated carbocycles. The van der Waals surface area contributed by atoms with Crippen molar-refractivity contribution in [1.29, 1.82) is 0 Å². The minimum atomic E-state index is 0.791. The normalized spacial score (nSPS) is 63.7. The van der Waals surface area contributed by atoms with Crippen molar-refractivity contribution in [2.45, 2.75) is 33.6 Å². The zero-order chi connectivity index (χ0) is 6.65. The molecule has 2 rings (SSSR count). The van der Waals surface area contributed by atoms with E-state index in [1.54, 1.807) is 0 Å². The summed E-state index contributed by atoms with van der Waals surface area (Å²) in [5.74, 6) is 3.15. The molecule has 0 nitrogen and oxygen atoms in total. The Bertz CT molecular complexity index is 131. The van der Waals surface area contributed by atoms with Gasteiger partial charge in [-0.3, -0.25) is 0 Å². The summed E-state index contributed by atoms with van der Waals surface area (Å²) >= 11 is 0. The molecule has 9 heavy (non-hydrogen) atoms. The molecule has 52 valence electrons. The molecule has 0 heterocycles. The molecule has 2 aliphatic rings. The second-order valence-corrected chi connectivity index (χ2v) is 4.30. The average Bonchev–Trinajstić information content (AvgIpc) is 1.82. The van der Waals surface area contributed by atoms with Crippen LogP contribution in [0.3, 0.4) is 0 Å². The molecule has 0 aromatic carbocycles. The Labute approximate surface area is 57.6 Å². The van der Waals surface area contributed by atoms with Crippen molar-refractivity contribution in [1.82, 2.24) is 0 Å². The van der Waals surface area contributed by atoms with E-state index in [9.17, 15) is 0 Å². The van der Waals surface area contributed by atoms with Crippen LogP contribution in [0.2, 0.25) is 0 Å². The highest BCUT2D eigenvalue weighted by atomic mass is 14.6. The molecule has 2 fully saturated rings. The highest BCUT2D eigenvalue weighted by Crippen LogP contribution is 2.67. The molecule has 4 atom stereocenters. The van der Waals surface area contributed by atoms with Gasteiger partial charge < -0.3 is 0 Å². The average molecular weight is 124 g/mol. The Morgan fingerprint density at radius 3 is 2.11 bits per heavy atom. The number of rotatable bonds is 0. The van der Waals surface area contributed by atoms with Gasteiger partial charge >= 0.3 is 0 Å². The largest absolute Gasteiger partial charge is 0.0619 e. The molecule has 2 aliphatic carbocycles. The lowest BCUT2D eigenvalue weighted by Crippen LogP contribution is -2.59. The third kappa shape index (κ3) is 0.426. The summed E-state index contributed by atoms with van der Waals surface area (Å²) in [6.45, 7) is 7.29. The topological polar surface area (TPSA) is 0 Å². The predicted molar refractivity (Wildman–Crippen MR) is 39.2 cm³/mol. The van der Waals surface area contributed by atoms with Crippen molar-refractivity contribution in [3.05, 3.63) is 0 Å². The Morgan fingerprint density at radius 1 is 1.33 bits per heavy atom. The summed E-state index contributed by atoms with van der Waals surface area (Å²) in [7, 11) is 0. The van der Waals surface area contributed by atoms with Crippen molar-refractivity contribution in [2.75, 3.05) is 0 Å². The fourth-order valence-electron chi connectivity index (χ4n) is 3.03. The lowest BCUT2D eigenvalue weighted by molar-refractivity contribution is -0.172. The van der Waals surface area contributed by atoms with Crippen LogP contribution in [0.15, 0.2) is 0 Å². The van der Waals surface area contributed by atoms with Crippen LogP contribution in [0, 0.1) is 23.2 Å². The lowest BCUT2D eigenvalue weighted by Gasteiger charge is -2.66. The lowest BCUT2D eigenvalue weighted by atomic mass is 9.39. The van der Waals surface area contributed by atoms with Gasteiger partial charge in [0.1, 0.15) is 0 Å². The second kappa shape index (κ2) is 1.36. The van der Waals surface area contributed by atoms with Gasteiger partial charge in [0.05, 0.1) is 0 Å². The molecule has 4 unspecified atom stereocenters. The first-order chi connectivity index (χ1) is 4.16. The molecule has 0 N–H and O–H groups in total. The van der Waals surface area contributed by atoms with Gasteiger partial charge in [0.25, 0.3) is 0 Å². The molecule has 0 heteroatoms. The van der Waals surface area contributed by atoms with Crippen molar-refractivity contribution >= 4 is 0 Å². The molecular formula is C9H16. The van der Waals surface area contributed by atoms with Crippen LogP contribution in [0.25, 0.3) is 0 Å². The Morgan fingerprint density at radius 2 is 2.00 bits per heavy atom. The summed E-state index contributed by atoms with van der Waals surface area (Å²) < 4.78 is 0. The van der Waals surface area contributed by atoms with Crippen LogP contribution in [0.5, 0.6) is 0 Å². The maximum absolute atomic E-state index is 2.46. The molecule has 0 saturated heterocycles. The summed E-state index contributed by atoms with van der Waals surface area (Å²) in [5.41, 5.74) is 0.791. The Hall–Kier alpha value is 0. The predicted octanol–water partition coefficient (Wildman–Crippen LogP) is 2.69. The van der Waals surface area contributed by atoms with E-state index in [1.165, 1.54) is 12.8 Å². The molecule has 0 aromatic rings. The van der Waals surface area contributed by atoms with Gasteiger partial charge in [0.15, 0.2) is 0 Å². The summed E-state index contributed by atoms with van der Waals surface area (Å²) in [6.07, 6.45) is 3.02. The van der Waals surface area contributed by atoms with Crippen LogP contribution in [-0.2, 0) is 0 Å². The molecule has 0 bridgehead atoms. The minimum absolute atomic E-state index is 0.791. The Balaban J connectivity index is 2.14. The van der Waals surface area contributed by atoms with E-state index < -0.39 is 0 Å². The third-order valence-corrected chi connectivity index (χ3v) is 4.30. The first-order valence-electron chi connectivity index (χ1n) is 4.16. The number of hydrogen-bond donors (Lipinski definition) is 0. The van der Waals surface area contributed by atoms with Crippen LogP contribution in [-0.4, -0.2) is 0 Å². The second-order valence-electron chi connectivity index (χ2n) is 4.30. The van der Waals surface area contributed by atoms with Gasteiger partial charge in [-0.15, -0.1) is 0 Å². The molecule has 0 aromatic heterocycles. The number of fused-ring (bicyclic) bond motifs is 1. The zero-order valence-corrected chi connectivity index (χ0v) is 6.65. The van der Waals surface area contributed by atoms with Crippen LogP contribution >= 0.6 is 0 Å². The maximum atomic E-state index is 2.46. The first kappa shape index (κ1) is 5.76. The molecule has 0 spiro atoms. The zero-order valence-electron chi connectivity index (χ0n) is 6.65. The van der Waals surface area contributed by atoms with E-state index >= 15 is 0 Å². The maximum Gasteiger partial charge on any atom is -0.0266 e. The van der Waals surface area contributed by atoms with Gasteiger partial charge in [0.2, 0.25) is 0 Å². The minimum Gasteiger partial charge on any atom is -0.0619 e. The van der Waals surface area contributed by atoms with Crippen molar-refractivity contribution in [3.63, 3.8) is 0 Å². The van der Waals surface area contributed by atoms with Crippen LogP contribution < -0.4 is 0 Å². The summed E-state index contributed by atoms with van der Waals surface area (Å²) in [4.78, 5) is 0. The summed E-state index contributed by atoms with van der Waals surface area (Å²) in [6, 6.07) is 0. The number of hydrogen-bond acceptors (Lipinski definition) is 0. The quantitative estimate of drug-likeness (QED) is 0.465. The van der Waals surface area contributed by atoms with Gasteiger partial charge in [-0.1, -0.05) is 20.8 Å². The van der Waals surface area contributed by atoms with Crippen molar-refractivity contribution in [3.8, 4) is 0 Å². The van der Waals surface area contributed by atoms with Gasteiger partial charge in [-0.05, 0) is 36.0 Å². The van der Waals surface area contributed by atoms with E-state index in [0.717, 1.165) is 23.2 Å².